The van der Waals surface area contributed by atoms with E-state index < -0.39 is 0 Å². The van der Waals surface area contributed by atoms with Crippen molar-refractivity contribution in [1.29, 1.82) is 0 Å². The number of H-pyrrole nitrogens is 1. The lowest BCUT2D eigenvalue weighted by atomic mass is 10.1. The summed E-state index contributed by atoms with van der Waals surface area (Å²) in [6, 6.07) is 5.16. The molecule has 4 nitrogen and oxygen atoms in total. The molecule has 0 aliphatic carbocycles. The van der Waals surface area contributed by atoms with Gasteiger partial charge in [0.05, 0.1) is 11.8 Å². The minimum Gasteiger partial charge on any atom is -0.463 e. The van der Waals surface area contributed by atoms with Crippen molar-refractivity contribution in [3.8, 4) is 11.5 Å². The highest BCUT2D eigenvalue weighted by atomic mass is 16.3. The molecule has 0 aliphatic rings. The van der Waals surface area contributed by atoms with Crippen molar-refractivity contribution in [2.75, 3.05) is 0 Å². The third kappa shape index (κ3) is 1.75. The molecule has 0 amide bonds. The Labute approximate surface area is 87.5 Å². The molecule has 0 aromatic carbocycles. The number of nitrogens with zero attached hydrogens (tertiary/aromatic N) is 1. The van der Waals surface area contributed by atoms with E-state index in [0.29, 0.717) is 11.5 Å². The molecule has 0 radical (unpaired) electrons. The lowest BCUT2D eigenvalue weighted by Gasteiger charge is -2.19. The Balaban J connectivity index is 2.52. The van der Waals surface area contributed by atoms with Gasteiger partial charge in [0.25, 0.3) is 5.56 Å². The van der Waals surface area contributed by atoms with Crippen LogP contribution in [-0.2, 0) is 5.54 Å². The summed E-state index contributed by atoms with van der Waals surface area (Å²) in [6.45, 7) is 5.91. The van der Waals surface area contributed by atoms with E-state index in [4.69, 9.17) is 4.42 Å². The van der Waals surface area contributed by atoms with Crippen LogP contribution in [0, 0.1) is 0 Å². The van der Waals surface area contributed by atoms with Gasteiger partial charge in [-0.05, 0) is 32.9 Å². The Morgan fingerprint density at radius 3 is 2.60 bits per heavy atom. The maximum atomic E-state index is 11.7. The predicted octanol–water partition coefficient (Wildman–Crippen LogP) is 2.19. The molecule has 0 spiro atoms. The highest BCUT2D eigenvalue weighted by Gasteiger charge is 2.17. The summed E-state index contributed by atoms with van der Waals surface area (Å²) in [5.74, 6) is 0.676. The molecule has 0 bridgehead atoms. The molecular formula is C11H14N2O2. The zero-order valence-corrected chi connectivity index (χ0v) is 9.07. The summed E-state index contributed by atoms with van der Waals surface area (Å²) in [5.41, 5.74) is 0.413. The third-order valence-electron chi connectivity index (χ3n) is 2.18. The number of hydrogen-bond acceptors (Lipinski definition) is 2. The smallest absolute Gasteiger partial charge is 0.267 e. The summed E-state index contributed by atoms with van der Waals surface area (Å²) in [5, 5.41) is 3.03. The maximum absolute atomic E-state index is 11.7. The zero-order valence-electron chi connectivity index (χ0n) is 9.07. The molecular weight excluding hydrogens is 192 g/mol. The molecule has 0 fully saturated rings. The Hall–Kier alpha value is -1.71. The number of rotatable bonds is 1. The van der Waals surface area contributed by atoms with Gasteiger partial charge in [0.2, 0.25) is 0 Å². The van der Waals surface area contributed by atoms with Gasteiger partial charge in [-0.2, -0.15) is 0 Å². The van der Waals surface area contributed by atoms with Crippen LogP contribution in [0.1, 0.15) is 20.8 Å². The second-order valence-corrected chi connectivity index (χ2v) is 4.49. The van der Waals surface area contributed by atoms with Gasteiger partial charge in [-0.15, -0.1) is 0 Å². The molecule has 0 saturated heterocycles. The van der Waals surface area contributed by atoms with Crippen molar-refractivity contribution < 1.29 is 4.42 Å². The van der Waals surface area contributed by atoms with Crippen molar-refractivity contribution in [3.05, 3.63) is 34.8 Å². The molecule has 15 heavy (non-hydrogen) atoms. The second-order valence-electron chi connectivity index (χ2n) is 4.49. The van der Waals surface area contributed by atoms with Gasteiger partial charge in [0, 0.05) is 6.07 Å². The molecule has 0 saturated carbocycles. The number of aromatic nitrogens is 2. The Morgan fingerprint density at radius 2 is 2.13 bits per heavy atom. The Bertz CT molecular complexity index is 497. The van der Waals surface area contributed by atoms with Crippen LogP contribution in [0.4, 0.5) is 0 Å². The number of aromatic amines is 1. The maximum Gasteiger partial charge on any atom is 0.267 e. The number of furan rings is 1. The molecule has 4 heteroatoms. The fourth-order valence-electron chi connectivity index (χ4n) is 1.45. The summed E-state index contributed by atoms with van der Waals surface area (Å²) >= 11 is 0. The fraction of sp³-hybridized carbons (Fsp3) is 0.364. The molecule has 2 rings (SSSR count). The van der Waals surface area contributed by atoms with E-state index >= 15 is 0 Å². The van der Waals surface area contributed by atoms with E-state index in [1.807, 2.05) is 26.8 Å². The van der Waals surface area contributed by atoms with Gasteiger partial charge in [0.15, 0.2) is 5.76 Å². The van der Waals surface area contributed by atoms with Gasteiger partial charge in [0.1, 0.15) is 5.69 Å². The normalized spacial score (nSPS) is 11.9. The second kappa shape index (κ2) is 3.15. The van der Waals surface area contributed by atoms with Gasteiger partial charge in [-0.25, -0.2) is 4.68 Å². The molecule has 0 aliphatic heterocycles. The molecule has 2 aromatic rings. The summed E-state index contributed by atoms with van der Waals surface area (Å²) in [4.78, 5) is 11.7. The standard InChI is InChI=1S/C11H14N2O2/c1-11(2,3)13-10(14)7-8(12-13)9-5-4-6-15-9/h4-7,12H,1-3H3. The van der Waals surface area contributed by atoms with Crippen molar-refractivity contribution in [2.45, 2.75) is 26.3 Å². The average Bonchev–Trinajstić information content (AvgIpc) is 2.68. The number of hydrogen-bond donors (Lipinski definition) is 1. The summed E-state index contributed by atoms with van der Waals surface area (Å²) in [6.07, 6.45) is 1.59. The highest BCUT2D eigenvalue weighted by Crippen LogP contribution is 2.17. The summed E-state index contributed by atoms with van der Waals surface area (Å²) in [7, 11) is 0. The van der Waals surface area contributed by atoms with Crippen LogP contribution in [0.15, 0.2) is 33.7 Å². The highest BCUT2D eigenvalue weighted by molar-refractivity contribution is 5.50. The largest absolute Gasteiger partial charge is 0.463 e. The van der Waals surface area contributed by atoms with E-state index in [0.717, 1.165) is 0 Å². The molecule has 0 atom stereocenters. The number of nitrogens with one attached hydrogen (secondary N) is 1. The fourth-order valence-corrected chi connectivity index (χ4v) is 1.45. The van der Waals surface area contributed by atoms with Crippen LogP contribution in [0.25, 0.3) is 11.5 Å². The van der Waals surface area contributed by atoms with Gasteiger partial charge >= 0.3 is 0 Å². The lowest BCUT2D eigenvalue weighted by molar-refractivity contribution is 0.346. The van der Waals surface area contributed by atoms with Crippen molar-refractivity contribution in [1.82, 2.24) is 9.78 Å². The van der Waals surface area contributed by atoms with Crippen LogP contribution >= 0.6 is 0 Å². The van der Waals surface area contributed by atoms with E-state index in [2.05, 4.69) is 5.10 Å². The van der Waals surface area contributed by atoms with Gasteiger partial charge < -0.3 is 4.42 Å². The average molecular weight is 206 g/mol. The van der Waals surface area contributed by atoms with E-state index in [-0.39, 0.29) is 11.1 Å². The van der Waals surface area contributed by atoms with E-state index in [1.165, 1.54) is 0 Å². The van der Waals surface area contributed by atoms with Crippen molar-refractivity contribution >= 4 is 0 Å². The van der Waals surface area contributed by atoms with E-state index in [1.54, 1.807) is 23.1 Å². The Kier molecular flexibility index (Phi) is 2.07. The lowest BCUT2D eigenvalue weighted by Crippen LogP contribution is -2.32. The molecule has 0 unspecified atom stereocenters. The third-order valence-corrected chi connectivity index (χ3v) is 2.18. The quantitative estimate of drug-likeness (QED) is 0.777. The van der Waals surface area contributed by atoms with Gasteiger partial charge in [-0.3, -0.25) is 9.89 Å². The molecule has 2 aromatic heterocycles. The first-order chi connectivity index (χ1) is 6.98. The van der Waals surface area contributed by atoms with Crippen molar-refractivity contribution in [2.24, 2.45) is 0 Å². The zero-order chi connectivity index (χ0) is 11.1. The Morgan fingerprint density at radius 1 is 1.40 bits per heavy atom. The first-order valence-corrected chi connectivity index (χ1v) is 4.85. The summed E-state index contributed by atoms with van der Waals surface area (Å²) < 4.78 is 6.81. The molecule has 1 N–H and O–H groups in total. The van der Waals surface area contributed by atoms with Crippen LogP contribution in [-0.4, -0.2) is 9.78 Å². The molecule has 80 valence electrons. The first kappa shape index (κ1) is 9.83. The SMILES string of the molecule is CC(C)(C)n1[nH]c(-c2ccco2)cc1=O. The predicted molar refractivity (Wildman–Crippen MR) is 57.8 cm³/mol. The first-order valence-electron chi connectivity index (χ1n) is 4.85. The molecule has 2 heterocycles. The minimum atomic E-state index is -0.248. The minimum absolute atomic E-state index is 0.0473. The monoisotopic (exact) mass is 206 g/mol. The van der Waals surface area contributed by atoms with E-state index in [9.17, 15) is 4.79 Å². The van der Waals surface area contributed by atoms with Gasteiger partial charge in [-0.1, -0.05) is 0 Å². The van der Waals surface area contributed by atoms with Crippen LogP contribution in [0.5, 0.6) is 0 Å². The topological polar surface area (TPSA) is 50.9 Å². The van der Waals surface area contributed by atoms with Crippen LogP contribution in [0.2, 0.25) is 0 Å². The van der Waals surface area contributed by atoms with Crippen molar-refractivity contribution in [3.63, 3.8) is 0 Å². The van der Waals surface area contributed by atoms with Crippen LogP contribution in [0.3, 0.4) is 0 Å². The van der Waals surface area contributed by atoms with Crippen LogP contribution < -0.4 is 5.56 Å².